The van der Waals surface area contributed by atoms with Gasteiger partial charge in [-0.15, -0.1) is 11.3 Å². The third-order valence-corrected chi connectivity index (χ3v) is 6.52. The summed E-state index contributed by atoms with van der Waals surface area (Å²) in [4.78, 5) is 19.7. The van der Waals surface area contributed by atoms with Gasteiger partial charge in [0.2, 0.25) is 0 Å². The van der Waals surface area contributed by atoms with Crippen LogP contribution in [-0.2, 0) is 12.8 Å². The van der Waals surface area contributed by atoms with Gasteiger partial charge >= 0.3 is 0 Å². The smallest absolute Gasteiger partial charge is 0.255 e. The first-order valence-corrected chi connectivity index (χ1v) is 10.5. The molecule has 0 fully saturated rings. The molecule has 0 saturated carbocycles. The van der Waals surface area contributed by atoms with E-state index in [1.54, 1.807) is 24.3 Å². The number of nitrogens with zero attached hydrogens (tertiary/aromatic N) is 2. The van der Waals surface area contributed by atoms with Gasteiger partial charge in [-0.3, -0.25) is 9.20 Å². The maximum atomic E-state index is 12.3. The van der Waals surface area contributed by atoms with Gasteiger partial charge in [-0.05, 0) is 62.1 Å². The zero-order valence-electron chi connectivity index (χ0n) is 15.1. The van der Waals surface area contributed by atoms with Crippen LogP contribution in [0.1, 0.15) is 33.8 Å². The van der Waals surface area contributed by atoms with Crippen LogP contribution >= 0.6 is 22.9 Å². The van der Waals surface area contributed by atoms with E-state index in [1.807, 2.05) is 35.6 Å². The number of aromatic nitrogens is 2. The minimum Gasteiger partial charge on any atom is -0.322 e. The van der Waals surface area contributed by atoms with E-state index in [9.17, 15) is 4.79 Å². The largest absolute Gasteiger partial charge is 0.322 e. The van der Waals surface area contributed by atoms with Crippen LogP contribution in [0.25, 0.3) is 16.2 Å². The molecule has 1 N–H and O–H groups in total. The second kappa shape index (κ2) is 7.08. The molecule has 140 valence electrons. The van der Waals surface area contributed by atoms with Crippen molar-refractivity contribution in [2.45, 2.75) is 25.7 Å². The first-order valence-electron chi connectivity index (χ1n) is 9.34. The number of hydrogen-bond donors (Lipinski definition) is 1. The van der Waals surface area contributed by atoms with Crippen molar-refractivity contribution >= 4 is 39.5 Å². The number of hydrogen-bond acceptors (Lipinski definition) is 3. The van der Waals surface area contributed by atoms with Crippen LogP contribution in [-0.4, -0.2) is 15.3 Å². The molecule has 0 spiro atoms. The lowest BCUT2D eigenvalue weighted by Crippen LogP contribution is -2.11. The Kier molecular flexibility index (Phi) is 4.41. The SMILES string of the molecule is O=C(Nc1ccc(-c2cn3c4c(sc3n2)CCCC4)cc1)c1ccc(Cl)cc1. The number of imidazole rings is 1. The average molecular weight is 408 g/mol. The second-order valence-corrected chi connectivity index (χ2v) is 8.49. The molecule has 1 amide bonds. The summed E-state index contributed by atoms with van der Waals surface area (Å²) in [5.74, 6) is -0.154. The summed E-state index contributed by atoms with van der Waals surface area (Å²) >= 11 is 7.68. The molecular weight excluding hydrogens is 390 g/mol. The van der Waals surface area contributed by atoms with E-state index in [-0.39, 0.29) is 5.91 Å². The highest BCUT2D eigenvalue weighted by Crippen LogP contribution is 2.32. The van der Waals surface area contributed by atoms with E-state index in [0.717, 1.165) is 28.3 Å². The molecule has 28 heavy (non-hydrogen) atoms. The van der Waals surface area contributed by atoms with Gasteiger partial charge in [0.15, 0.2) is 4.96 Å². The Labute approximate surface area is 171 Å². The standard InChI is InChI=1S/C22H18ClN3OS/c23-16-9-5-15(6-10-16)21(27)24-17-11-7-14(8-12-17)18-13-26-19-3-1-2-4-20(19)28-22(26)25-18/h5-13H,1-4H2,(H,24,27). The van der Waals surface area contributed by atoms with Crippen molar-refractivity contribution < 1.29 is 4.79 Å². The van der Waals surface area contributed by atoms with Crippen LogP contribution < -0.4 is 5.32 Å². The lowest BCUT2D eigenvalue weighted by Gasteiger charge is -2.09. The predicted molar refractivity (Wildman–Crippen MR) is 115 cm³/mol. The molecule has 1 aliphatic carbocycles. The number of carbonyl (C=O) groups excluding carboxylic acids is 1. The fourth-order valence-corrected chi connectivity index (χ4v) is 4.95. The van der Waals surface area contributed by atoms with Gasteiger partial charge < -0.3 is 5.32 Å². The molecule has 0 aliphatic heterocycles. The van der Waals surface area contributed by atoms with Crippen LogP contribution in [0.5, 0.6) is 0 Å². The summed E-state index contributed by atoms with van der Waals surface area (Å²) in [7, 11) is 0. The molecule has 6 heteroatoms. The summed E-state index contributed by atoms with van der Waals surface area (Å²) in [6, 6.07) is 14.7. The number of anilines is 1. The number of carbonyl (C=O) groups is 1. The molecule has 2 aromatic carbocycles. The van der Waals surface area contributed by atoms with Crippen LogP contribution in [0.3, 0.4) is 0 Å². The fraction of sp³-hybridized carbons (Fsp3) is 0.182. The van der Waals surface area contributed by atoms with E-state index >= 15 is 0 Å². The molecule has 2 aromatic heterocycles. The van der Waals surface area contributed by atoms with Crippen LogP contribution in [0.4, 0.5) is 5.69 Å². The molecule has 0 radical (unpaired) electrons. The van der Waals surface area contributed by atoms with E-state index in [1.165, 1.54) is 29.8 Å². The Morgan fingerprint density at radius 1 is 1.04 bits per heavy atom. The first kappa shape index (κ1) is 17.5. The van der Waals surface area contributed by atoms with E-state index < -0.39 is 0 Å². The van der Waals surface area contributed by atoms with Crippen molar-refractivity contribution in [2.75, 3.05) is 5.32 Å². The number of nitrogens with one attached hydrogen (secondary N) is 1. The zero-order chi connectivity index (χ0) is 19.1. The highest BCUT2D eigenvalue weighted by Gasteiger charge is 2.18. The second-order valence-electron chi connectivity index (χ2n) is 7.00. The van der Waals surface area contributed by atoms with Crippen molar-refractivity contribution in [3.05, 3.63) is 75.9 Å². The first-order chi connectivity index (χ1) is 13.7. The minimum atomic E-state index is -0.154. The molecule has 5 rings (SSSR count). The number of benzene rings is 2. The number of halogens is 1. The predicted octanol–water partition coefficient (Wildman–Crippen LogP) is 5.85. The molecule has 2 heterocycles. The molecule has 4 aromatic rings. The molecule has 0 bridgehead atoms. The third kappa shape index (κ3) is 3.21. The third-order valence-electron chi connectivity index (χ3n) is 5.11. The summed E-state index contributed by atoms with van der Waals surface area (Å²) < 4.78 is 2.25. The normalized spacial score (nSPS) is 13.5. The maximum absolute atomic E-state index is 12.3. The van der Waals surface area contributed by atoms with Gasteiger partial charge in [0.05, 0.1) is 5.69 Å². The quantitative estimate of drug-likeness (QED) is 0.463. The van der Waals surface area contributed by atoms with Gasteiger partial charge in [0.1, 0.15) is 0 Å². The number of aryl methyl sites for hydroxylation is 2. The highest BCUT2D eigenvalue weighted by atomic mass is 35.5. The van der Waals surface area contributed by atoms with Crippen molar-refractivity contribution in [1.29, 1.82) is 0 Å². The summed E-state index contributed by atoms with van der Waals surface area (Å²) in [6.45, 7) is 0. The highest BCUT2D eigenvalue weighted by molar-refractivity contribution is 7.17. The van der Waals surface area contributed by atoms with E-state index in [0.29, 0.717) is 10.6 Å². The van der Waals surface area contributed by atoms with Crippen molar-refractivity contribution in [3.8, 4) is 11.3 Å². The molecule has 4 nitrogen and oxygen atoms in total. The van der Waals surface area contributed by atoms with Crippen LogP contribution in [0, 0.1) is 0 Å². The van der Waals surface area contributed by atoms with Crippen molar-refractivity contribution in [2.24, 2.45) is 0 Å². The zero-order valence-corrected chi connectivity index (χ0v) is 16.7. The summed E-state index contributed by atoms with van der Waals surface area (Å²) in [5, 5.41) is 3.53. The summed E-state index contributed by atoms with van der Waals surface area (Å²) in [5.41, 5.74) is 4.77. The van der Waals surface area contributed by atoms with Gasteiger partial charge in [0.25, 0.3) is 5.91 Å². The summed E-state index contributed by atoms with van der Waals surface area (Å²) in [6.07, 6.45) is 7.00. The molecular formula is C22H18ClN3OS. The Balaban J connectivity index is 1.36. The molecule has 0 saturated heterocycles. The maximum Gasteiger partial charge on any atom is 0.255 e. The Hall–Kier alpha value is -2.63. The average Bonchev–Trinajstić information content (AvgIpc) is 3.27. The van der Waals surface area contributed by atoms with E-state index in [4.69, 9.17) is 16.6 Å². The van der Waals surface area contributed by atoms with Crippen LogP contribution in [0.15, 0.2) is 54.7 Å². The van der Waals surface area contributed by atoms with Gasteiger partial charge in [0, 0.05) is 38.6 Å². The lowest BCUT2D eigenvalue weighted by atomic mass is 10.0. The van der Waals surface area contributed by atoms with Crippen LogP contribution in [0.2, 0.25) is 5.02 Å². The lowest BCUT2D eigenvalue weighted by molar-refractivity contribution is 0.102. The molecule has 0 atom stereocenters. The monoisotopic (exact) mass is 407 g/mol. The number of amides is 1. The Morgan fingerprint density at radius 3 is 2.57 bits per heavy atom. The van der Waals surface area contributed by atoms with Gasteiger partial charge in [-0.1, -0.05) is 23.7 Å². The van der Waals surface area contributed by atoms with E-state index in [2.05, 4.69) is 15.9 Å². The minimum absolute atomic E-state index is 0.154. The topological polar surface area (TPSA) is 46.4 Å². The number of rotatable bonds is 3. The Bertz CT molecular complexity index is 1160. The number of fused-ring (bicyclic) bond motifs is 3. The van der Waals surface area contributed by atoms with Crippen molar-refractivity contribution in [3.63, 3.8) is 0 Å². The molecule has 1 aliphatic rings. The molecule has 0 unspecified atom stereocenters. The fourth-order valence-electron chi connectivity index (χ4n) is 3.63. The number of thiazole rings is 1. The van der Waals surface area contributed by atoms with Gasteiger partial charge in [-0.2, -0.15) is 0 Å². The van der Waals surface area contributed by atoms with Crippen molar-refractivity contribution in [1.82, 2.24) is 9.38 Å². The van der Waals surface area contributed by atoms with Gasteiger partial charge in [-0.25, -0.2) is 4.98 Å². The Morgan fingerprint density at radius 2 is 1.79 bits per heavy atom.